The largest absolute Gasteiger partial charge is 0.397 e. The zero-order valence-electron chi connectivity index (χ0n) is 24.8. The van der Waals surface area contributed by atoms with Gasteiger partial charge < -0.3 is 36.0 Å². The summed E-state index contributed by atoms with van der Waals surface area (Å²) in [4.78, 5) is 52.2. The third-order valence-corrected chi connectivity index (χ3v) is 10.2. The summed E-state index contributed by atoms with van der Waals surface area (Å²) < 4.78 is 1.45. The highest BCUT2D eigenvalue weighted by Crippen LogP contribution is 2.31. The van der Waals surface area contributed by atoms with Gasteiger partial charge in [-0.15, -0.1) is 0 Å². The zero-order chi connectivity index (χ0) is 31.5. The molecule has 0 saturated carbocycles. The summed E-state index contributed by atoms with van der Waals surface area (Å²) in [5, 5.41) is 6.05. The quantitative estimate of drug-likeness (QED) is 0.316. The number of nitrogens with two attached hydrogens (primary N) is 1. The number of benzene rings is 2. The van der Waals surface area contributed by atoms with Gasteiger partial charge in [0.1, 0.15) is 6.04 Å². The van der Waals surface area contributed by atoms with Gasteiger partial charge in [0.2, 0.25) is 5.91 Å². The topological polar surface area (TPSA) is 127 Å². The van der Waals surface area contributed by atoms with Crippen LogP contribution in [0, 0.1) is 0 Å². The highest BCUT2D eigenvalue weighted by atomic mass is 79.9. The fourth-order valence-corrected chi connectivity index (χ4v) is 7.57. The van der Waals surface area contributed by atoms with E-state index in [1.54, 1.807) is 17.3 Å². The van der Waals surface area contributed by atoms with E-state index >= 15 is 0 Å². The highest BCUT2D eigenvalue weighted by Gasteiger charge is 2.35. The predicted octanol–water partition coefficient (Wildman–Crippen LogP) is 4.67. The molecule has 2 fully saturated rings. The van der Waals surface area contributed by atoms with E-state index < -0.39 is 6.04 Å². The number of carbonyl (C=O) groups is 3. The standard InChI is InChI=1S/C32H36Br2N8O3/c33-25-17-21(18-26(34)29(25)35)19-28(30(43)40-15-13-39(14-16-40)23-5-9-36-10-6-23)38-31(44)41-11-7-24(8-12-41)42-20-22-3-1-2-4-27(22)37-32(42)45/h1-6,9-10,17-18,24,28H,7-8,11-16,19-20,35H2,(H,37,45)(H,38,44)/t28-/m1/s1. The number of likely N-dealkylation sites (tertiary alicyclic amines) is 1. The number of amides is 5. The number of hydrogen-bond donors (Lipinski definition) is 3. The van der Waals surface area contributed by atoms with Crippen molar-refractivity contribution < 1.29 is 14.4 Å². The number of anilines is 3. The first-order chi connectivity index (χ1) is 21.8. The van der Waals surface area contributed by atoms with Crippen LogP contribution in [0.4, 0.5) is 26.7 Å². The Kier molecular flexibility index (Phi) is 9.45. The minimum Gasteiger partial charge on any atom is -0.397 e. The van der Waals surface area contributed by atoms with Crippen molar-refractivity contribution in [1.29, 1.82) is 0 Å². The van der Waals surface area contributed by atoms with Crippen LogP contribution in [0.25, 0.3) is 0 Å². The van der Waals surface area contributed by atoms with E-state index in [1.165, 1.54) is 0 Å². The molecule has 0 radical (unpaired) electrons. The lowest BCUT2D eigenvalue weighted by Crippen LogP contribution is -2.58. The maximum atomic E-state index is 14.0. The molecule has 4 heterocycles. The second-order valence-corrected chi connectivity index (χ2v) is 13.3. The smallest absolute Gasteiger partial charge is 0.322 e. The van der Waals surface area contributed by atoms with Crippen LogP contribution in [0.2, 0.25) is 0 Å². The van der Waals surface area contributed by atoms with E-state index in [9.17, 15) is 14.4 Å². The Bertz CT molecular complexity index is 1540. The number of piperidine rings is 1. The Labute approximate surface area is 279 Å². The molecule has 13 heteroatoms. The number of nitrogens with zero attached hydrogens (tertiary/aromatic N) is 5. The first-order valence-corrected chi connectivity index (χ1v) is 16.7. The molecular weight excluding hydrogens is 704 g/mol. The molecule has 1 aromatic heterocycles. The third kappa shape index (κ3) is 7.04. The second-order valence-electron chi connectivity index (χ2n) is 11.6. The lowest BCUT2D eigenvalue weighted by molar-refractivity contribution is -0.133. The molecule has 0 aliphatic carbocycles. The Balaban J connectivity index is 1.11. The molecule has 236 valence electrons. The average Bonchev–Trinajstić information content (AvgIpc) is 3.06. The molecule has 0 bridgehead atoms. The van der Waals surface area contributed by atoms with E-state index in [2.05, 4.69) is 52.4 Å². The number of halogens is 2. The molecular formula is C32H36Br2N8O3. The zero-order valence-corrected chi connectivity index (χ0v) is 28.0. The summed E-state index contributed by atoms with van der Waals surface area (Å²) in [6, 6.07) is 14.4. The summed E-state index contributed by atoms with van der Waals surface area (Å²) >= 11 is 7.01. The molecule has 3 aromatic rings. The number of nitrogen functional groups attached to an aromatic ring is 1. The van der Waals surface area contributed by atoms with Crippen molar-refractivity contribution >= 4 is 66.9 Å². The van der Waals surface area contributed by atoms with Crippen LogP contribution in [0.5, 0.6) is 0 Å². The molecule has 3 aliphatic heterocycles. The number of pyridine rings is 1. The van der Waals surface area contributed by atoms with Crippen LogP contribution in [0.15, 0.2) is 69.9 Å². The summed E-state index contributed by atoms with van der Waals surface area (Å²) in [6.45, 7) is 4.02. The molecule has 3 aliphatic rings. The fourth-order valence-electron chi connectivity index (χ4n) is 6.29. The van der Waals surface area contributed by atoms with E-state index in [-0.39, 0.29) is 24.0 Å². The average molecular weight is 741 g/mol. The van der Waals surface area contributed by atoms with E-state index in [4.69, 9.17) is 5.73 Å². The van der Waals surface area contributed by atoms with Gasteiger partial charge in [0, 0.05) is 91.0 Å². The Morgan fingerprint density at radius 1 is 0.956 bits per heavy atom. The molecule has 0 unspecified atom stereocenters. The molecule has 6 rings (SSSR count). The van der Waals surface area contributed by atoms with Gasteiger partial charge in [-0.05, 0) is 86.2 Å². The maximum absolute atomic E-state index is 14.0. The number of aromatic nitrogens is 1. The Morgan fingerprint density at radius 2 is 1.62 bits per heavy atom. The fraction of sp³-hybridized carbons (Fsp3) is 0.375. The number of carbonyl (C=O) groups excluding carboxylic acids is 3. The van der Waals surface area contributed by atoms with Gasteiger partial charge in [0.25, 0.3) is 0 Å². The van der Waals surface area contributed by atoms with Gasteiger partial charge in [-0.25, -0.2) is 9.59 Å². The van der Waals surface area contributed by atoms with Crippen molar-refractivity contribution in [3.63, 3.8) is 0 Å². The summed E-state index contributed by atoms with van der Waals surface area (Å²) in [7, 11) is 0. The van der Waals surface area contributed by atoms with Crippen molar-refractivity contribution in [3.05, 3.63) is 81.0 Å². The minimum atomic E-state index is -0.755. The molecule has 2 aromatic carbocycles. The lowest BCUT2D eigenvalue weighted by Gasteiger charge is -2.41. The van der Waals surface area contributed by atoms with Crippen LogP contribution in [-0.2, 0) is 17.8 Å². The number of fused-ring (bicyclic) bond motifs is 1. The summed E-state index contributed by atoms with van der Waals surface area (Å²) in [5.74, 6) is -0.111. The molecule has 45 heavy (non-hydrogen) atoms. The van der Waals surface area contributed by atoms with Crippen LogP contribution >= 0.6 is 31.9 Å². The van der Waals surface area contributed by atoms with E-state index in [0.717, 1.165) is 31.4 Å². The van der Waals surface area contributed by atoms with Gasteiger partial charge in [-0.1, -0.05) is 18.2 Å². The van der Waals surface area contributed by atoms with Gasteiger partial charge in [0.15, 0.2) is 0 Å². The number of hydrogen-bond acceptors (Lipinski definition) is 6. The summed E-state index contributed by atoms with van der Waals surface area (Å²) in [5.41, 5.74) is 10.6. The SMILES string of the molecule is Nc1c(Br)cc(C[C@@H](NC(=O)N2CCC(N3Cc4ccccc4NC3=O)CC2)C(=O)N2CCN(c3ccncc3)CC2)cc1Br. The normalized spacial score (nSPS) is 17.9. The number of rotatable bonds is 6. The van der Waals surface area contributed by atoms with Crippen molar-refractivity contribution in [2.45, 2.75) is 37.9 Å². The number of piperazine rings is 1. The Hall–Kier alpha value is -3.84. The number of para-hydroxylation sites is 1. The van der Waals surface area contributed by atoms with E-state index in [0.29, 0.717) is 70.8 Å². The van der Waals surface area contributed by atoms with Crippen LogP contribution < -0.4 is 21.3 Å². The predicted molar refractivity (Wildman–Crippen MR) is 181 cm³/mol. The van der Waals surface area contributed by atoms with Gasteiger partial charge in [-0.3, -0.25) is 9.78 Å². The van der Waals surface area contributed by atoms with Crippen LogP contribution in [0.1, 0.15) is 24.0 Å². The maximum Gasteiger partial charge on any atom is 0.322 e. The Morgan fingerprint density at radius 3 is 2.31 bits per heavy atom. The second kappa shape index (κ2) is 13.7. The van der Waals surface area contributed by atoms with Gasteiger partial charge >= 0.3 is 12.1 Å². The van der Waals surface area contributed by atoms with Crippen molar-refractivity contribution in [1.82, 2.24) is 25.0 Å². The van der Waals surface area contributed by atoms with Gasteiger partial charge in [-0.2, -0.15) is 0 Å². The van der Waals surface area contributed by atoms with Crippen molar-refractivity contribution in [2.24, 2.45) is 0 Å². The van der Waals surface area contributed by atoms with E-state index in [1.807, 2.05) is 58.3 Å². The van der Waals surface area contributed by atoms with Crippen molar-refractivity contribution in [3.8, 4) is 0 Å². The lowest BCUT2D eigenvalue weighted by atomic mass is 10.0. The van der Waals surface area contributed by atoms with Crippen LogP contribution in [-0.4, -0.2) is 89.0 Å². The monoisotopic (exact) mass is 738 g/mol. The highest BCUT2D eigenvalue weighted by molar-refractivity contribution is 9.11. The van der Waals surface area contributed by atoms with Crippen LogP contribution in [0.3, 0.4) is 0 Å². The number of urea groups is 2. The first-order valence-electron chi connectivity index (χ1n) is 15.1. The first kappa shape index (κ1) is 31.2. The third-order valence-electron chi connectivity index (χ3n) is 8.85. The molecule has 5 amide bonds. The minimum absolute atomic E-state index is 0.0287. The number of nitrogens with one attached hydrogen (secondary N) is 2. The molecule has 4 N–H and O–H groups in total. The molecule has 0 spiro atoms. The van der Waals surface area contributed by atoms with Crippen molar-refractivity contribution in [2.75, 3.05) is 55.2 Å². The molecule has 1 atom stereocenters. The summed E-state index contributed by atoms with van der Waals surface area (Å²) in [6.07, 6.45) is 5.18. The van der Waals surface area contributed by atoms with Gasteiger partial charge in [0.05, 0.1) is 5.69 Å². The molecule has 2 saturated heterocycles. The molecule has 11 nitrogen and oxygen atoms in total.